The predicted molar refractivity (Wildman–Crippen MR) is 126 cm³/mol. The first-order chi connectivity index (χ1) is 16.5. The van der Waals surface area contributed by atoms with Gasteiger partial charge in [-0.1, -0.05) is 13.0 Å². The van der Waals surface area contributed by atoms with Crippen LogP contribution < -0.4 is 9.80 Å². The van der Waals surface area contributed by atoms with Gasteiger partial charge >= 0.3 is 12.0 Å². The molecule has 1 atom stereocenters. The first-order valence-corrected chi connectivity index (χ1v) is 12.8. The molecule has 1 aromatic heterocycles. The number of carbonyl (C=O) groups excluding carboxylic acids is 3. The van der Waals surface area contributed by atoms with Crippen LogP contribution in [-0.4, -0.2) is 83.9 Å². The van der Waals surface area contributed by atoms with Crippen LogP contribution in [0.4, 0.5) is 10.7 Å². The summed E-state index contributed by atoms with van der Waals surface area (Å²) in [6.45, 7) is 7.38. The number of hydrogen-bond donors (Lipinski definition) is 2. The van der Waals surface area contributed by atoms with E-state index in [0.717, 1.165) is 82.8 Å². The maximum atomic E-state index is 13.6. The Kier molecular flexibility index (Phi) is 7.73. The zero-order chi connectivity index (χ0) is 24.1. The number of quaternary nitrogens is 2. The fourth-order valence-electron chi connectivity index (χ4n) is 5.70. The lowest BCUT2D eigenvalue weighted by Crippen LogP contribution is -3.26. The first kappa shape index (κ1) is 24.5. The van der Waals surface area contributed by atoms with E-state index in [4.69, 9.17) is 0 Å². The highest BCUT2D eigenvalue weighted by Gasteiger charge is 2.56. The van der Waals surface area contributed by atoms with Gasteiger partial charge in [-0.15, -0.1) is 0 Å². The zero-order valence-corrected chi connectivity index (χ0v) is 20.5. The number of amides is 4. The van der Waals surface area contributed by atoms with Gasteiger partial charge in [-0.05, 0) is 56.6 Å². The minimum atomic E-state index is -1.20. The molecule has 34 heavy (non-hydrogen) atoms. The lowest BCUT2D eigenvalue weighted by molar-refractivity contribution is -0.988. The molecule has 4 rings (SSSR count). The Morgan fingerprint density at radius 1 is 1.00 bits per heavy atom. The number of piperazine rings is 1. The van der Waals surface area contributed by atoms with Crippen molar-refractivity contribution in [3.05, 3.63) is 30.1 Å². The van der Waals surface area contributed by atoms with E-state index in [1.54, 1.807) is 17.3 Å². The van der Waals surface area contributed by atoms with Gasteiger partial charge in [0.2, 0.25) is 11.8 Å². The second kappa shape index (κ2) is 10.7. The molecule has 9 nitrogen and oxygen atoms in total. The van der Waals surface area contributed by atoms with Crippen LogP contribution in [0.5, 0.6) is 0 Å². The molecule has 0 radical (unpaired) electrons. The van der Waals surface area contributed by atoms with Crippen LogP contribution in [0.25, 0.3) is 0 Å². The molecule has 2 fully saturated rings. The number of nitrogens with zero attached hydrogens (tertiary/aromatic N) is 4. The van der Waals surface area contributed by atoms with E-state index in [2.05, 4.69) is 16.0 Å². The van der Waals surface area contributed by atoms with Crippen LogP contribution in [0.1, 0.15) is 51.9 Å². The minimum absolute atomic E-state index is 0.316. The van der Waals surface area contributed by atoms with Gasteiger partial charge in [-0.25, -0.2) is 4.79 Å². The number of urea groups is 1. The second-order valence-corrected chi connectivity index (χ2v) is 9.72. The topological polar surface area (TPSA) is 92.3 Å². The van der Waals surface area contributed by atoms with Crippen molar-refractivity contribution in [3.63, 3.8) is 0 Å². The fraction of sp³-hybridized carbons (Fsp3) is 0.640. The van der Waals surface area contributed by atoms with Gasteiger partial charge in [0.15, 0.2) is 0 Å². The standard InChI is InChI=1S/C25H36N6O3/c1-3-25(20-10-5-4-6-11-20)21(32)28(2)24(34)31(22(25)33)15-8-7-14-29-16-18-30(19-17-29)23-26-12-9-13-27-23/h9-10,12-13H,3-8,11,14-19H2,1-2H3/p+2. The Morgan fingerprint density at radius 2 is 1.74 bits per heavy atom. The average molecular weight is 471 g/mol. The van der Waals surface area contributed by atoms with Gasteiger partial charge in [-0.3, -0.25) is 24.3 Å². The van der Waals surface area contributed by atoms with Crippen LogP contribution in [0, 0.1) is 5.41 Å². The van der Waals surface area contributed by atoms with Crippen molar-refractivity contribution in [3.8, 4) is 0 Å². The maximum Gasteiger partial charge on any atom is 0.333 e. The normalized spacial score (nSPS) is 28.3. The van der Waals surface area contributed by atoms with Gasteiger partial charge in [0.05, 0.1) is 6.54 Å². The van der Waals surface area contributed by atoms with E-state index in [1.165, 1.54) is 21.7 Å². The number of allylic oxidation sites excluding steroid dienone is 1. The molecule has 2 aliphatic heterocycles. The van der Waals surface area contributed by atoms with E-state index in [0.29, 0.717) is 13.0 Å². The molecule has 0 aromatic carbocycles. The minimum Gasteiger partial charge on any atom is -0.326 e. The summed E-state index contributed by atoms with van der Waals surface area (Å²) in [6, 6.07) is 1.36. The number of unbranched alkanes of at least 4 members (excludes halogenated alkanes) is 1. The van der Waals surface area contributed by atoms with Crippen molar-refractivity contribution in [2.24, 2.45) is 5.41 Å². The van der Waals surface area contributed by atoms with E-state index in [1.807, 2.05) is 13.0 Å². The van der Waals surface area contributed by atoms with Crippen LogP contribution in [0.2, 0.25) is 0 Å². The summed E-state index contributed by atoms with van der Waals surface area (Å²) in [4.78, 5) is 53.8. The highest BCUT2D eigenvalue weighted by molar-refractivity contribution is 6.20. The maximum absolute atomic E-state index is 13.6. The quantitative estimate of drug-likeness (QED) is 0.317. The molecule has 0 spiro atoms. The molecule has 0 saturated carbocycles. The Morgan fingerprint density at radius 3 is 2.38 bits per heavy atom. The lowest BCUT2D eigenvalue weighted by atomic mass is 9.70. The third-order valence-electron chi connectivity index (χ3n) is 7.77. The molecule has 1 aliphatic carbocycles. The number of nitrogens with one attached hydrogen (secondary N) is 2. The number of aromatic nitrogens is 2. The number of carbonyl (C=O) groups is 3. The summed E-state index contributed by atoms with van der Waals surface area (Å²) in [5.74, 6) is 0.195. The van der Waals surface area contributed by atoms with E-state index >= 15 is 0 Å². The fourth-order valence-corrected chi connectivity index (χ4v) is 5.70. The third kappa shape index (κ3) is 4.63. The van der Waals surface area contributed by atoms with Crippen LogP contribution in [0.3, 0.4) is 0 Å². The van der Waals surface area contributed by atoms with Crippen molar-refractivity contribution < 1.29 is 24.2 Å². The molecule has 3 aliphatic rings. The molecule has 9 heteroatoms. The Balaban J connectivity index is 1.32. The average Bonchev–Trinajstić information content (AvgIpc) is 2.89. The highest BCUT2D eigenvalue weighted by Crippen LogP contribution is 2.43. The molecule has 1 aromatic rings. The molecular weight excluding hydrogens is 432 g/mol. The predicted octanol–water partition coefficient (Wildman–Crippen LogP) is -0.0109. The molecule has 1 unspecified atom stereocenters. The van der Waals surface area contributed by atoms with Crippen molar-refractivity contribution in [2.75, 3.05) is 46.3 Å². The summed E-state index contributed by atoms with van der Waals surface area (Å²) in [6.07, 6.45) is 11.4. The van der Waals surface area contributed by atoms with Crippen molar-refractivity contribution in [2.45, 2.75) is 51.9 Å². The van der Waals surface area contributed by atoms with Gasteiger partial charge in [0.25, 0.3) is 0 Å². The van der Waals surface area contributed by atoms with Crippen LogP contribution >= 0.6 is 0 Å². The third-order valence-corrected chi connectivity index (χ3v) is 7.77. The van der Waals surface area contributed by atoms with Crippen molar-refractivity contribution >= 4 is 23.8 Å². The zero-order valence-electron chi connectivity index (χ0n) is 20.5. The van der Waals surface area contributed by atoms with Crippen LogP contribution in [0.15, 0.2) is 30.1 Å². The van der Waals surface area contributed by atoms with Gasteiger partial charge < -0.3 is 4.90 Å². The highest BCUT2D eigenvalue weighted by atomic mass is 16.2. The number of hydrogen-bond acceptors (Lipinski definition) is 5. The summed E-state index contributed by atoms with van der Waals surface area (Å²) < 4.78 is 0. The van der Waals surface area contributed by atoms with E-state index in [-0.39, 0.29) is 11.8 Å². The smallest absolute Gasteiger partial charge is 0.326 e. The van der Waals surface area contributed by atoms with Gasteiger partial charge in [0, 0.05) is 26.0 Å². The Hall–Kier alpha value is -2.65. The largest absolute Gasteiger partial charge is 0.333 e. The van der Waals surface area contributed by atoms with Gasteiger partial charge in [-0.2, -0.15) is 9.97 Å². The number of barbiturate groups is 1. The van der Waals surface area contributed by atoms with Crippen LogP contribution in [-0.2, 0) is 9.59 Å². The Bertz CT molecular complexity index is 928. The SMILES string of the molecule is CCC1(C2=CCCCC2)C(=O)N(C)C(=O)N(CCCC[NH+]2CC[NH+](c3ncccn3)CC2)C1=O. The summed E-state index contributed by atoms with van der Waals surface area (Å²) in [5.41, 5.74) is -0.291. The summed E-state index contributed by atoms with van der Waals surface area (Å²) in [7, 11) is 1.51. The van der Waals surface area contributed by atoms with Gasteiger partial charge in [0.1, 0.15) is 31.6 Å². The molecule has 0 bridgehead atoms. The van der Waals surface area contributed by atoms with E-state index < -0.39 is 11.4 Å². The molecule has 3 heterocycles. The van der Waals surface area contributed by atoms with Crippen molar-refractivity contribution in [1.29, 1.82) is 0 Å². The number of rotatable bonds is 8. The molecule has 2 saturated heterocycles. The molecule has 2 N–H and O–H groups in total. The Labute approximate surface area is 201 Å². The number of imide groups is 2. The summed E-state index contributed by atoms with van der Waals surface area (Å²) in [5, 5.41) is 0. The summed E-state index contributed by atoms with van der Waals surface area (Å²) >= 11 is 0. The first-order valence-electron chi connectivity index (χ1n) is 12.8. The second-order valence-electron chi connectivity index (χ2n) is 9.72. The lowest BCUT2D eigenvalue weighted by Gasteiger charge is -2.44. The van der Waals surface area contributed by atoms with E-state index in [9.17, 15) is 14.4 Å². The molecule has 4 amide bonds. The molecule has 184 valence electrons. The molecular formula is C25H38N6O3+2. The monoisotopic (exact) mass is 470 g/mol. The van der Waals surface area contributed by atoms with Crippen molar-refractivity contribution in [1.82, 2.24) is 19.8 Å².